The Balaban J connectivity index is 1.51. The topological polar surface area (TPSA) is 68.0 Å². The van der Waals surface area contributed by atoms with Crippen molar-refractivity contribution in [1.82, 2.24) is 15.5 Å². The molecule has 2 heterocycles. The number of amides is 1. The van der Waals surface area contributed by atoms with Crippen molar-refractivity contribution >= 4 is 17.2 Å². The quantitative estimate of drug-likeness (QED) is 0.751. The van der Waals surface area contributed by atoms with Crippen molar-refractivity contribution in [1.29, 1.82) is 0 Å². The van der Waals surface area contributed by atoms with E-state index in [1.165, 1.54) is 0 Å². The number of carbonyl (C=O) groups is 1. The summed E-state index contributed by atoms with van der Waals surface area (Å²) in [4.78, 5) is 13.0. The van der Waals surface area contributed by atoms with Crippen LogP contribution in [0.25, 0.3) is 10.8 Å². The number of nitrogens with zero attached hydrogens (tertiary/aromatic N) is 2. The van der Waals surface area contributed by atoms with Gasteiger partial charge in [0.25, 0.3) is 5.89 Å². The molecule has 2 aromatic heterocycles. The Morgan fingerprint density at radius 1 is 1.22 bits per heavy atom. The molecular weight excluding hydrogens is 310 g/mol. The Morgan fingerprint density at radius 2 is 2.04 bits per heavy atom. The summed E-state index contributed by atoms with van der Waals surface area (Å²) in [5.74, 6) is 0.959. The van der Waals surface area contributed by atoms with Gasteiger partial charge in [0, 0.05) is 12.8 Å². The molecule has 1 atom stereocenters. The molecule has 1 aromatic carbocycles. The zero-order valence-electron chi connectivity index (χ0n) is 12.7. The Bertz CT molecular complexity index is 753. The molecule has 1 unspecified atom stereocenters. The number of aryl methyl sites for hydroxylation is 1. The summed E-state index contributed by atoms with van der Waals surface area (Å²) in [5.41, 5.74) is 1.08. The Hall–Kier alpha value is -2.47. The first-order valence-electron chi connectivity index (χ1n) is 7.43. The van der Waals surface area contributed by atoms with Crippen LogP contribution in [-0.2, 0) is 11.2 Å². The maximum atomic E-state index is 12.0. The second-order valence-corrected chi connectivity index (χ2v) is 6.13. The Morgan fingerprint density at radius 3 is 2.78 bits per heavy atom. The van der Waals surface area contributed by atoms with Gasteiger partial charge in [0.15, 0.2) is 0 Å². The van der Waals surface area contributed by atoms with Gasteiger partial charge in [-0.2, -0.15) is 0 Å². The van der Waals surface area contributed by atoms with Crippen LogP contribution in [-0.4, -0.2) is 16.1 Å². The van der Waals surface area contributed by atoms with Crippen LogP contribution in [0.3, 0.4) is 0 Å². The van der Waals surface area contributed by atoms with E-state index >= 15 is 0 Å². The van der Waals surface area contributed by atoms with Gasteiger partial charge in [-0.1, -0.05) is 36.4 Å². The SMILES string of the molecule is CC(NC(=O)CCc1nnc(-c2cccs2)o1)c1ccccc1. The average Bonchev–Trinajstić information content (AvgIpc) is 3.25. The highest BCUT2D eigenvalue weighted by molar-refractivity contribution is 7.13. The fourth-order valence-corrected chi connectivity index (χ4v) is 2.86. The molecule has 1 N–H and O–H groups in total. The molecule has 0 fully saturated rings. The molecule has 0 aliphatic heterocycles. The predicted molar refractivity (Wildman–Crippen MR) is 88.9 cm³/mol. The van der Waals surface area contributed by atoms with Gasteiger partial charge in [-0.3, -0.25) is 4.79 Å². The molecule has 5 nitrogen and oxygen atoms in total. The van der Waals surface area contributed by atoms with Crippen LogP contribution in [0, 0.1) is 0 Å². The number of thiophene rings is 1. The third-order valence-electron chi connectivity index (χ3n) is 3.44. The number of aromatic nitrogens is 2. The van der Waals surface area contributed by atoms with Crippen molar-refractivity contribution in [3.05, 3.63) is 59.3 Å². The molecule has 0 bridgehead atoms. The normalized spacial score (nSPS) is 12.0. The number of carbonyl (C=O) groups excluding carboxylic acids is 1. The lowest BCUT2D eigenvalue weighted by molar-refractivity contribution is -0.121. The van der Waals surface area contributed by atoms with Gasteiger partial charge in [0.05, 0.1) is 10.9 Å². The minimum Gasteiger partial charge on any atom is -0.420 e. The van der Waals surface area contributed by atoms with Crippen LogP contribution in [0.5, 0.6) is 0 Å². The van der Waals surface area contributed by atoms with Crippen molar-refractivity contribution in [3.8, 4) is 10.8 Å². The van der Waals surface area contributed by atoms with Gasteiger partial charge in [0.2, 0.25) is 11.8 Å². The highest BCUT2D eigenvalue weighted by Gasteiger charge is 2.13. The largest absolute Gasteiger partial charge is 0.420 e. The molecule has 118 valence electrons. The molecule has 6 heteroatoms. The van der Waals surface area contributed by atoms with Crippen LogP contribution in [0.2, 0.25) is 0 Å². The lowest BCUT2D eigenvalue weighted by atomic mass is 10.1. The third kappa shape index (κ3) is 4.04. The van der Waals surface area contributed by atoms with Crippen LogP contribution in [0.1, 0.15) is 30.8 Å². The molecule has 3 rings (SSSR count). The first kappa shape index (κ1) is 15.4. The summed E-state index contributed by atoms with van der Waals surface area (Å²) in [6.07, 6.45) is 0.759. The van der Waals surface area contributed by atoms with Crippen LogP contribution >= 0.6 is 11.3 Å². The van der Waals surface area contributed by atoms with Crippen LogP contribution in [0.15, 0.2) is 52.3 Å². The summed E-state index contributed by atoms with van der Waals surface area (Å²) in [6.45, 7) is 1.97. The maximum Gasteiger partial charge on any atom is 0.257 e. The molecule has 0 saturated heterocycles. The molecule has 3 aromatic rings. The van der Waals surface area contributed by atoms with E-state index in [1.807, 2.05) is 54.8 Å². The Kier molecular flexibility index (Phi) is 4.83. The minimum atomic E-state index is -0.0303. The molecule has 0 saturated carbocycles. The molecular formula is C17H17N3O2S. The van der Waals surface area contributed by atoms with E-state index < -0.39 is 0 Å². The molecule has 23 heavy (non-hydrogen) atoms. The maximum absolute atomic E-state index is 12.0. The highest BCUT2D eigenvalue weighted by Crippen LogP contribution is 2.23. The monoisotopic (exact) mass is 327 g/mol. The van der Waals surface area contributed by atoms with Gasteiger partial charge >= 0.3 is 0 Å². The predicted octanol–water partition coefficient (Wildman–Crippen LogP) is 3.61. The lowest BCUT2D eigenvalue weighted by Gasteiger charge is -2.13. The summed E-state index contributed by atoms with van der Waals surface area (Å²) >= 11 is 1.54. The van der Waals surface area contributed by atoms with Crippen molar-refractivity contribution in [2.24, 2.45) is 0 Å². The number of benzene rings is 1. The first-order valence-corrected chi connectivity index (χ1v) is 8.31. The molecule has 0 radical (unpaired) electrons. The van der Waals surface area contributed by atoms with Gasteiger partial charge in [-0.15, -0.1) is 21.5 Å². The van der Waals surface area contributed by atoms with Crippen molar-refractivity contribution < 1.29 is 9.21 Å². The molecule has 1 amide bonds. The fourth-order valence-electron chi connectivity index (χ4n) is 2.21. The number of hydrogen-bond acceptors (Lipinski definition) is 5. The van der Waals surface area contributed by atoms with E-state index in [2.05, 4.69) is 15.5 Å². The van der Waals surface area contributed by atoms with Crippen LogP contribution in [0.4, 0.5) is 0 Å². The summed E-state index contributed by atoms with van der Waals surface area (Å²) in [7, 11) is 0. The highest BCUT2D eigenvalue weighted by atomic mass is 32.1. The van der Waals surface area contributed by atoms with Gasteiger partial charge in [-0.05, 0) is 23.9 Å². The zero-order chi connectivity index (χ0) is 16.1. The molecule has 0 aliphatic carbocycles. The summed E-state index contributed by atoms with van der Waals surface area (Å²) in [5, 5.41) is 12.9. The smallest absolute Gasteiger partial charge is 0.257 e. The lowest BCUT2D eigenvalue weighted by Crippen LogP contribution is -2.26. The molecule has 0 spiro atoms. The third-order valence-corrected chi connectivity index (χ3v) is 4.30. The summed E-state index contributed by atoms with van der Waals surface area (Å²) in [6, 6.07) is 13.7. The van der Waals surface area contributed by atoms with Crippen molar-refractivity contribution in [3.63, 3.8) is 0 Å². The second-order valence-electron chi connectivity index (χ2n) is 5.18. The standard InChI is InChI=1S/C17H17N3O2S/c1-12(13-6-3-2-4-7-13)18-15(21)9-10-16-19-20-17(22-16)14-8-5-11-23-14/h2-8,11-12H,9-10H2,1H3,(H,18,21). The van der Waals surface area contributed by atoms with Crippen LogP contribution < -0.4 is 5.32 Å². The van der Waals surface area contributed by atoms with E-state index in [0.29, 0.717) is 24.6 Å². The average molecular weight is 327 g/mol. The van der Waals surface area contributed by atoms with Crippen molar-refractivity contribution in [2.45, 2.75) is 25.8 Å². The van der Waals surface area contributed by atoms with E-state index in [4.69, 9.17) is 4.42 Å². The number of rotatable bonds is 6. The van der Waals surface area contributed by atoms with E-state index in [-0.39, 0.29) is 11.9 Å². The van der Waals surface area contributed by atoms with Gasteiger partial charge < -0.3 is 9.73 Å². The number of nitrogens with one attached hydrogen (secondary N) is 1. The minimum absolute atomic E-state index is 0.0203. The molecule has 0 aliphatic rings. The number of hydrogen-bond donors (Lipinski definition) is 1. The summed E-state index contributed by atoms with van der Waals surface area (Å²) < 4.78 is 5.58. The van der Waals surface area contributed by atoms with Gasteiger partial charge in [0.1, 0.15) is 0 Å². The Labute approximate surface area is 138 Å². The zero-order valence-corrected chi connectivity index (χ0v) is 13.5. The van der Waals surface area contributed by atoms with E-state index in [1.54, 1.807) is 11.3 Å². The van der Waals surface area contributed by atoms with E-state index in [9.17, 15) is 4.79 Å². The first-order chi connectivity index (χ1) is 11.2. The second kappa shape index (κ2) is 7.19. The van der Waals surface area contributed by atoms with Crippen molar-refractivity contribution in [2.75, 3.05) is 0 Å². The van der Waals surface area contributed by atoms with Gasteiger partial charge in [-0.25, -0.2) is 0 Å². The fraction of sp³-hybridized carbons (Fsp3) is 0.235. The van der Waals surface area contributed by atoms with E-state index in [0.717, 1.165) is 10.4 Å².